The first-order valence-corrected chi connectivity index (χ1v) is 6.91. The maximum absolute atomic E-state index is 9.68. The molecule has 0 spiro atoms. The average Bonchev–Trinajstić information content (AvgIpc) is 2.76. The minimum absolute atomic E-state index is 0.400. The second-order valence-corrected chi connectivity index (χ2v) is 5.81. The number of thioether (sulfide) groups is 1. The third kappa shape index (κ3) is 3.16. The molecule has 1 unspecified atom stereocenters. The molecule has 1 aliphatic heterocycles. The Morgan fingerprint density at radius 2 is 2.38 bits per heavy atom. The van der Waals surface area contributed by atoms with Crippen molar-refractivity contribution in [1.82, 2.24) is 5.32 Å². The fraction of sp³-hybridized carbons (Fsp3) is 0.538. The number of nitrogens with one attached hydrogen (secondary N) is 1. The molecule has 16 heavy (non-hydrogen) atoms. The number of hydrogen-bond acceptors (Lipinski definition) is 3. The standard InChI is InChI=1S/C13H19NOS/c1-10-4-5-13(15)11(7-10)8-14-9-12-3-2-6-16-12/h4-5,7,12,14-15H,2-3,6,8-9H2,1H3. The SMILES string of the molecule is Cc1ccc(O)c(CNCC2CCCS2)c1. The minimum Gasteiger partial charge on any atom is -0.508 e. The third-order valence-corrected chi connectivity index (χ3v) is 4.34. The molecule has 0 bridgehead atoms. The molecule has 88 valence electrons. The van der Waals surface area contributed by atoms with Gasteiger partial charge in [0, 0.05) is 23.9 Å². The van der Waals surface area contributed by atoms with E-state index in [-0.39, 0.29) is 0 Å². The first-order chi connectivity index (χ1) is 7.75. The molecule has 0 radical (unpaired) electrons. The van der Waals surface area contributed by atoms with Crippen LogP contribution in [-0.4, -0.2) is 22.7 Å². The van der Waals surface area contributed by atoms with Gasteiger partial charge in [-0.05, 0) is 31.6 Å². The summed E-state index contributed by atoms with van der Waals surface area (Å²) in [6.45, 7) is 3.87. The Balaban J connectivity index is 1.82. The minimum atomic E-state index is 0.400. The first kappa shape index (κ1) is 11.8. The third-order valence-electron chi connectivity index (χ3n) is 2.95. The van der Waals surface area contributed by atoms with Crippen molar-refractivity contribution in [1.29, 1.82) is 0 Å². The van der Waals surface area contributed by atoms with E-state index in [9.17, 15) is 5.11 Å². The van der Waals surface area contributed by atoms with Gasteiger partial charge in [-0.2, -0.15) is 11.8 Å². The Morgan fingerprint density at radius 3 is 3.12 bits per heavy atom. The topological polar surface area (TPSA) is 32.3 Å². The molecule has 1 aromatic carbocycles. The summed E-state index contributed by atoms with van der Waals surface area (Å²) in [5.74, 6) is 1.71. The van der Waals surface area contributed by atoms with Crippen LogP contribution in [0.2, 0.25) is 0 Å². The molecule has 0 aliphatic carbocycles. The second kappa shape index (κ2) is 5.60. The number of benzene rings is 1. The highest BCUT2D eigenvalue weighted by atomic mass is 32.2. The Morgan fingerprint density at radius 1 is 1.50 bits per heavy atom. The zero-order valence-electron chi connectivity index (χ0n) is 9.70. The molecule has 2 nitrogen and oxygen atoms in total. The van der Waals surface area contributed by atoms with Gasteiger partial charge in [-0.25, -0.2) is 0 Å². The van der Waals surface area contributed by atoms with Crippen LogP contribution in [0.15, 0.2) is 18.2 Å². The summed E-state index contributed by atoms with van der Waals surface area (Å²) >= 11 is 2.06. The molecule has 1 saturated heterocycles. The average molecular weight is 237 g/mol. The number of phenolic OH excluding ortho intramolecular Hbond substituents is 1. The van der Waals surface area contributed by atoms with Gasteiger partial charge in [0.1, 0.15) is 5.75 Å². The Labute approximate surface area is 101 Å². The molecule has 1 fully saturated rings. The van der Waals surface area contributed by atoms with Crippen LogP contribution in [0.4, 0.5) is 0 Å². The van der Waals surface area contributed by atoms with Crippen molar-refractivity contribution in [3.8, 4) is 5.75 Å². The quantitative estimate of drug-likeness (QED) is 0.844. The Kier molecular flexibility index (Phi) is 4.13. The fourth-order valence-corrected chi connectivity index (χ4v) is 3.26. The summed E-state index contributed by atoms with van der Waals surface area (Å²) in [6.07, 6.45) is 2.68. The summed E-state index contributed by atoms with van der Waals surface area (Å²) in [6, 6.07) is 5.76. The van der Waals surface area contributed by atoms with Gasteiger partial charge in [-0.15, -0.1) is 0 Å². The zero-order valence-corrected chi connectivity index (χ0v) is 10.5. The van der Waals surface area contributed by atoms with Crippen molar-refractivity contribution in [2.24, 2.45) is 0 Å². The lowest BCUT2D eigenvalue weighted by Crippen LogP contribution is -2.22. The molecular formula is C13H19NOS. The van der Waals surface area contributed by atoms with Crippen LogP contribution < -0.4 is 5.32 Å². The monoisotopic (exact) mass is 237 g/mol. The number of phenols is 1. The van der Waals surface area contributed by atoms with E-state index in [1.807, 2.05) is 12.1 Å². The normalized spacial score (nSPS) is 20.2. The maximum atomic E-state index is 9.68. The molecule has 0 saturated carbocycles. The maximum Gasteiger partial charge on any atom is 0.120 e. The Hall–Kier alpha value is -0.670. The van der Waals surface area contributed by atoms with Gasteiger partial charge >= 0.3 is 0 Å². The van der Waals surface area contributed by atoms with Gasteiger partial charge in [0.05, 0.1) is 0 Å². The molecular weight excluding hydrogens is 218 g/mol. The predicted octanol–water partition coefficient (Wildman–Crippen LogP) is 2.69. The van der Waals surface area contributed by atoms with Crippen LogP contribution in [0.3, 0.4) is 0 Å². The molecule has 1 aliphatic rings. The molecule has 1 atom stereocenters. The first-order valence-electron chi connectivity index (χ1n) is 5.86. The number of hydrogen-bond donors (Lipinski definition) is 2. The van der Waals surface area contributed by atoms with E-state index in [2.05, 4.69) is 24.0 Å². The highest BCUT2D eigenvalue weighted by Gasteiger charge is 2.14. The highest BCUT2D eigenvalue weighted by molar-refractivity contribution is 8.00. The van der Waals surface area contributed by atoms with Gasteiger partial charge in [0.2, 0.25) is 0 Å². The lowest BCUT2D eigenvalue weighted by atomic mass is 10.1. The summed E-state index contributed by atoms with van der Waals surface area (Å²) in [5.41, 5.74) is 2.20. The van der Waals surface area contributed by atoms with Gasteiger partial charge in [-0.3, -0.25) is 0 Å². The van der Waals surface area contributed by atoms with E-state index < -0.39 is 0 Å². The summed E-state index contributed by atoms with van der Waals surface area (Å²) in [4.78, 5) is 0. The summed E-state index contributed by atoms with van der Waals surface area (Å²) in [7, 11) is 0. The molecule has 1 heterocycles. The zero-order chi connectivity index (χ0) is 11.4. The van der Waals surface area contributed by atoms with Crippen LogP contribution in [-0.2, 0) is 6.54 Å². The summed E-state index contributed by atoms with van der Waals surface area (Å²) < 4.78 is 0. The number of rotatable bonds is 4. The lowest BCUT2D eigenvalue weighted by Gasteiger charge is -2.11. The van der Waals surface area contributed by atoms with E-state index in [4.69, 9.17) is 0 Å². The molecule has 0 amide bonds. The van der Waals surface area contributed by atoms with E-state index in [0.717, 1.165) is 23.9 Å². The molecule has 3 heteroatoms. The van der Waals surface area contributed by atoms with E-state index in [0.29, 0.717) is 5.75 Å². The fourth-order valence-electron chi connectivity index (χ4n) is 2.03. The second-order valence-electron chi connectivity index (χ2n) is 4.40. The molecule has 2 rings (SSSR count). The van der Waals surface area contributed by atoms with Crippen LogP contribution in [0, 0.1) is 6.92 Å². The van der Waals surface area contributed by atoms with E-state index in [1.54, 1.807) is 6.07 Å². The molecule has 0 aromatic heterocycles. The van der Waals surface area contributed by atoms with Crippen molar-refractivity contribution in [2.75, 3.05) is 12.3 Å². The van der Waals surface area contributed by atoms with E-state index >= 15 is 0 Å². The Bertz CT molecular complexity index is 348. The van der Waals surface area contributed by atoms with Gasteiger partial charge in [-0.1, -0.05) is 17.7 Å². The smallest absolute Gasteiger partial charge is 0.120 e. The van der Waals surface area contributed by atoms with Crippen LogP contribution in [0.5, 0.6) is 5.75 Å². The number of aryl methyl sites for hydroxylation is 1. The van der Waals surface area contributed by atoms with Crippen LogP contribution >= 0.6 is 11.8 Å². The van der Waals surface area contributed by atoms with E-state index in [1.165, 1.54) is 24.2 Å². The van der Waals surface area contributed by atoms with Crippen molar-refractivity contribution in [2.45, 2.75) is 31.6 Å². The van der Waals surface area contributed by atoms with Crippen molar-refractivity contribution >= 4 is 11.8 Å². The van der Waals surface area contributed by atoms with Crippen molar-refractivity contribution < 1.29 is 5.11 Å². The van der Waals surface area contributed by atoms with Crippen LogP contribution in [0.25, 0.3) is 0 Å². The highest BCUT2D eigenvalue weighted by Crippen LogP contribution is 2.25. The summed E-state index contributed by atoms with van der Waals surface area (Å²) in [5, 5.41) is 13.9. The predicted molar refractivity (Wildman–Crippen MR) is 70.0 cm³/mol. The van der Waals surface area contributed by atoms with Gasteiger partial charge in [0.15, 0.2) is 0 Å². The molecule has 1 aromatic rings. The number of aromatic hydroxyl groups is 1. The van der Waals surface area contributed by atoms with Gasteiger partial charge in [0.25, 0.3) is 0 Å². The van der Waals surface area contributed by atoms with Crippen molar-refractivity contribution in [3.63, 3.8) is 0 Å². The van der Waals surface area contributed by atoms with Crippen molar-refractivity contribution in [3.05, 3.63) is 29.3 Å². The van der Waals surface area contributed by atoms with Crippen LogP contribution in [0.1, 0.15) is 24.0 Å². The lowest BCUT2D eigenvalue weighted by molar-refractivity contribution is 0.464. The largest absolute Gasteiger partial charge is 0.508 e. The van der Waals surface area contributed by atoms with Gasteiger partial charge < -0.3 is 10.4 Å². The molecule has 2 N–H and O–H groups in total.